The molecule has 4 heteroatoms. The van der Waals surface area contributed by atoms with Crippen LogP contribution in [0.1, 0.15) is 30.5 Å². The second-order valence-electron chi connectivity index (χ2n) is 7.00. The first-order valence-corrected chi connectivity index (χ1v) is 8.14. The van der Waals surface area contributed by atoms with Crippen LogP contribution in [0.15, 0.2) is 36.4 Å². The lowest BCUT2D eigenvalue weighted by Gasteiger charge is -2.18. The second-order valence-corrected chi connectivity index (χ2v) is 7.00. The van der Waals surface area contributed by atoms with Crippen LogP contribution in [0, 0.1) is 13.8 Å². The van der Waals surface area contributed by atoms with Crippen LogP contribution in [0.25, 0.3) is 0 Å². The van der Waals surface area contributed by atoms with Gasteiger partial charge < -0.3 is 14.8 Å². The topological polar surface area (TPSA) is 47.6 Å². The third-order valence-corrected chi connectivity index (χ3v) is 3.92. The molecule has 0 saturated heterocycles. The van der Waals surface area contributed by atoms with E-state index in [4.69, 9.17) is 9.47 Å². The zero-order valence-electron chi connectivity index (χ0n) is 14.6. The Labute approximate surface area is 142 Å². The van der Waals surface area contributed by atoms with Gasteiger partial charge in [-0.05, 0) is 57.0 Å². The molecule has 0 aliphatic carbocycles. The van der Waals surface area contributed by atoms with E-state index in [9.17, 15) is 4.79 Å². The number of hydrogen-bond acceptors (Lipinski definition) is 3. The van der Waals surface area contributed by atoms with E-state index in [1.165, 1.54) is 0 Å². The molecule has 0 bridgehead atoms. The first kappa shape index (κ1) is 16.4. The lowest BCUT2D eigenvalue weighted by Crippen LogP contribution is -2.25. The van der Waals surface area contributed by atoms with Gasteiger partial charge >= 0.3 is 0 Å². The molecule has 0 spiro atoms. The Morgan fingerprint density at radius 1 is 1.21 bits per heavy atom. The summed E-state index contributed by atoms with van der Waals surface area (Å²) in [5, 5.41) is 2.87. The molecule has 126 valence electrons. The summed E-state index contributed by atoms with van der Waals surface area (Å²) in [5.41, 5.74) is 3.90. The van der Waals surface area contributed by atoms with Gasteiger partial charge in [0.25, 0.3) is 5.91 Å². The molecule has 0 aromatic heterocycles. The van der Waals surface area contributed by atoms with Gasteiger partial charge in [0.15, 0.2) is 18.1 Å². The van der Waals surface area contributed by atoms with E-state index in [-0.39, 0.29) is 18.1 Å². The Morgan fingerprint density at radius 3 is 2.62 bits per heavy atom. The fraction of sp³-hybridized carbons (Fsp3) is 0.350. The Bertz CT molecular complexity index is 760. The Morgan fingerprint density at radius 2 is 1.92 bits per heavy atom. The van der Waals surface area contributed by atoms with Crippen molar-refractivity contribution in [1.82, 2.24) is 0 Å². The maximum Gasteiger partial charge on any atom is 0.262 e. The smallest absolute Gasteiger partial charge is 0.262 e. The average molecular weight is 325 g/mol. The van der Waals surface area contributed by atoms with E-state index in [0.29, 0.717) is 5.75 Å². The third kappa shape index (κ3) is 3.70. The van der Waals surface area contributed by atoms with E-state index < -0.39 is 0 Å². The van der Waals surface area contributed by atoms with Gasteiger partial charge in [-0.25, -0.2) is 0 Å². The summed E-state index contributed by atoms with van der Waals surface area (Å²) in [7, 11) is 0. The number of nitrogens with one attached hydrogen (secondary N) is 1. The monoisotopic (exact) mass is 325 g/mol. The van der Waals surface area contributed by atoms with Crippen LogP contribution in [0.4, 0.5) is 5.69 Å². The lowest BCUT2D eigenvalue weighted by molar-refractivity contribution is -0.118. The molecule has 0 atom stereocenters. The third-order valence-electron chi connectivity index (χ3n) is 3.92. The average Bonchev–Trinajstić information content (AvgIpc) is 2.78. The first-order chi connectivity index (χ1) is 11.3. The fourth-order valence-corrected chi connectivity index (χ4v) is 3.09. The van der Waals surface area contributed by atoms with Crippen LogP contribution in [-0.4, -0.2) is 18.1 Å². The van der Waals surface area contributed by atoms with E-state index in [1.54, 1.807) is 0 Å². The van der Waals surface area contributed by atoms with Crippen molar-refractivity contribution in [3.05, 3.63) is 53.1 Å². The number of para-hydroxylation sites is 1. The molecule has 1 amide bonds. The van der Waals surface area contributed by atoms with Crippen molar-refractivity contribution >= 4 is 11.6 Å². The Balaban J connectivity index is 1.65. The minimum Gasteiger partial charge on any atom is -0.483 e. The molecular formula is C20H23NO3. The van der Waals surface area contributed by atoms with E-state index in [1.807, 2.05) is 58.0 Å². The van der Waals surface area contributed by atoms with Crippen LogP contribution < -0.4 is 14.8 Å². The number of rotatable bonds is 4. The molecule has 0 saturated carbocycles. The maximum atomic E-state index is 12.2. The highest BCUT2D eigenvalue weighted by Gasteiger charge is 2.32. The first-order valence-electron chi connectivity index (χ1n) is 8.14. The van der Waals surface area contributed by atoms with Crippen molar-refractivity contribution in [3.63, 3.8) is 0 Å². The number of benzene rings is 2. The van der Waals surface area contributed by atoms with Gasteiger partial charge in [-0.2, -0.15) is 0 Å². The molecule has 1 heterocycles. The maximum absolute atomic E-state index is 12.2. The zero-order chi connectivity index (χ0) is 17.3. The van der Waals surface area contributed by atoms with Crippen LogP contribution >= 0.6 is 0 Å². The summed E-state index contributed by atoms with van der Waals surface area (Å²) in [6.45, 7) is 8.05. The fourth-order valence-electron chi connectivity index (χ4n) is 3.09. The van der Waals surface area contributed by atoms with Crippen molar-refractivity contribution in [2.45, 2.75) is 39.7 Å². The van der Waals surface area contributed by atoms with E-state index in [2.05, 4.69) is 11.4 Å². The van der Waals surface area contributed by atoms with Crippen molar-refractivity contribution in [2.75, 3.05) is 11.9 Å². The van der Waals surface area contributed by atoms with Crippen LogP contribution in [-0.2, 0) is 11.2 Å². The van der Waals surface area contributed by atoms with Crippen LogP contribution in [0.5, 0.6) is 11.5 Å². The minimum atomic E-state index is -0.233. The van der Waals surface area contributed by atoms with E-state index >= 15 is 0 Å². The van der Waals surface area contributed by atoms with Crippen molar-refractivity contribution < 1.29 is 14.3 Å². The molecule has 2 aromatic rings. The van der Waals surface area contributed by atoms with Crippen LogP contribution in [0.3, 0.4) is 0 Å². The molecule has 0 fully saturated rings. The van der Waals surface area contributed by atoms with Gasteiger partial charge in [0, 0.05) is 17.7 Å². The highest BCUT2D eigenvalue weighted by atomic mass is 16.5. The van der Waals surface area contributed by atoms with Crippen molar-refractivity contribution in [1.29, 1.82) is 0 Å². The normalized spacial score (nSPS) is 14.7. The summed E-state index contributed by atoms with van der Waals surface area (Å²) in [6.07, 6.45) is 0.842. The summed E-state index contributed by atoms with van der Waals surface area (Å²) in [6, 6.07) is 11.8. The number of ether oxygens (including phenoxy) is 2. The molecular weight excluding hydrogens is 302 g/mol. The number of carbonyl (C=O) groups excluding carboxylic acids is 1. The SMILES string of the molecule is Cc1cc(C)cc(NC(=O)COc2cccc3c2OC(C)(C)C3)c1. The molecule has 24 heavy (non-hydrogen) atoms. The van der Waals surface area contributed by atoms with Gasteiger partial charge in [-0.3, -0.25) is 4.79 Å². The lowest BCUT2D eigenvalue weighted by atomic mass is 10.0. The predicted molar refractivity (Wildman–Crippen MR) is 94.9 cm³/mol. The molecule has 4 nitrogen and oxygen atoms in total. The van der Waals surface area contributed by atoms with Crippen molar-refractivity contribution in [3.8, 4) is 11.5 Å². The van der Waals surface area contributed by atoms with Gasteiger partial charge in [-0.15, -0.1) is 0 Å². The van der Waals surface area contributed by atoms with Gasteiger partial charge in [-0.1, -0.05) is 18.2 Å². The quantitative estimate of drug-likeness (QED) is 0.923. The molecule has 2 aromatic carbocycles. The number of anilines is 1. The molecule has 1 aliphatic rings. The summed E-state index contributed by atoms with van der Waals surface area (Å²) in [4.78, 5) is 12.2. The van der Waals surface area contributed by atoms with Gasteiger partial charge in [0.1, 0.15) is 5.60 Å². The highest BCUT2D eigenvalue weighted by Crippen LogP contribution is 2.41. The van der Waals surface area contributed by atoms with Crippen molar-refractivity contribution in [2.24, 2.45) is 0 Å². The Hall–Kier alpha value is -2.49. The molecule has 0 radical (unpaired) electrons. The number of hydrogen-bond donors (Lipinski definition) is 1. The summed E-state index contributed by atoms with van der Waals surface area (Å²) >= 11 is 0. The summed E-state index contributed by atoms with van der Waals surface area (Å²) in [5.74, 6) is 1.19. The number of amides is 1. The second kappa shape index (κ2) is 6.19. The largest absolute Gasteiger partial charge is 0.483 e. The summed E-state index contributed by atoms with van der Waals surface area (Å²) < 4.78 is 11.7. The predicted octanol–water partition coefficient (Wildman–Crippen LogP) is 4.03. The molecule has 0 unspecified atom stereocenters. The highest BCUT2D eigenvalue weighted by molar-refractivity contribution is 5.92. The van der Waals surface area contributed by atoms with Gasteiger partial charge in [0.2, 0.25) is 0 Å². The molecule has 1 aliphatic heterocycles. The van der Waals surface area contributed by atoms with Gasteiger partial charge in [0.05, 0.1) is 0 Å². The molecule has 3 rings (SSSR count). The number of carbonyl (C=O) groups is 1. The Kier molecular flexibility index (Phi) is 4.22. The van der Waals surface area contributed by atoms with Crippen LogP contribution in [0.2, 0.25) is 0 Å². The zero-order valence-corrected chi connectivity index (χ0v) is 14.6. The number of aryl methyl sites for hydroxylation is 2. The number of fused-ring (bicyclic) bond motifs is 1. The standard InChI is InChI=1S/C20H23NO3/c1-13-8-14(2)10-16(9-13)21-18(22)12-23-17-7-5-6-15-11-20(3,4)24-19(15)17/h5-10H,11-12H2,1-4H3,(H,21,22). The minimum absolute atomic E-state index is 0.0484. The van der Waals surface area contributed by atoms with E-state index in [0.717, 1.165) is 34.5 Å². The molecule has 1 N–H and O–H groups in total.